The first-order chi connectivity index (χ1) is 10.7. The van der Waals surface area contributed by atoms with E-state index in [1.165, 1.54) is 0 Å². The van der Waals surface area contributed by atoms with Gasteiger partial charge in [-0.05, 0) is 37.3 Å². The maximum absolute atomic E-state index is 12.1. The summed E-state index contributed by atoms with van der Waals surface area (Å²) in [5.41, 5.74) is 0.526. The Morgan fingerprint density at radius 1 is 1.36 bits per heavy atom. The number of amides is 1. The smallest absolute Gasteiger partial charge is 0.251 e. The van der Waals surface area contributed by atoms with E-state index in [4.69, 9.17) is 14.2 Å². The van der Waals surface area contributed by atoms with Gasteiger partial charge in [0, 0.05) is 11.8 Å². The lowest BCUT2D eigenvalue weighted by Crippen LogP contribution is -2.33. The van der Waals surface area contributed by atoms with Crippen molar-refractivity contribution in [3.63, 3.8) is 0 Å². The molecule has 6 heteroatoms. The van der Waals surface area contributed by atoms with Crippen molar-refractivity contribution in [1.82, 2.24) is 10.3 Å². The molecule has 1 atom stereocenters. The van der Waals surface area contributed by atoms with Gasteiger partial charge in [0.25, 0.3) is 5.91 Å². The molecule has 0 bridgehead atoms. The quantitative estimate of drug-likeness (QED) is 0.914. The van der Waals surface area contributed by atoms with Gasteiger partial charge >= 0.3 is 0 Å². The average molecular weight is 300 g/mol. The summed E-state index contributed by atoms with van der Waals surface area (Å²) in [4.78, 5) is 16.1. The molecule has 2 aromatic rings. The number of carbonyl (C=O) groups is 1. The second-order valence-corrected chi connectivity index (χ2v) is 4.90. The van der Waals surface area contributed by atoms with Gasteiger partial charge in [-0.25, -0.2) is 0 Å². The molecule has 0 aliphatic carbocycles. The minimum absolute atomic E-state index is 0.165. The van der Waals surface area contributed by atoms with Crippen molar-refractivity contribution in [2.24, 2.45) is 0 Å². The second kappa shape index (κ2) is 6.34. The van der Waals surface area contributed by atoms with Gasteiger partial charge in [-0.3, -0.25) is 9.78 Å². The Labute approximate surface area is 128 Å². The minimum atomic E-state index is -0.181. The van der Waals surface area contributed by atoms with E-state index in [1.807, 2.05) is 13.0 Å². The standard InChI is InChI=1S/C16H16N2O4/c1-11(22-13-3-2-6-17-9-13)8-18-16(19)12-4-5-14-15(7-12)21-10-20-14/h2-7,9,11H,8,10H2,1H3,(H,18,19)/t11-/m1/s1. The van der Waals surface area contributed by atoms with E-state index in [9.17, 15) is 4.79 Å². The van der Waals surface area contributed by atoms with Crippen molar-refractivity contribution < 1.29 is 19.0 Å². The maximum Gasteiger partial charge on any atom is 0.251 e. The van der Waals surface area contributed by atoms with Crippen LogP contribution in [0.2, 0.25) is 0 Å². The average Bonchev–Trinajstić information content (AvgIpc) is 3.01. The molecule has 0 saturated heterocycles. The van der Waals surface area contributed by atoms with Gasteiger partial charge in [0.05, 0.1) is 12.7 Å². The maximum atomic E-state index is 12.1. The van der Waals surface area contributed by atoms with Crippen molar-refractivity contribution in [2.45, 2.75) is 13.0 Å². The first kappa shape index (κ1) is 14.2. The SMILES string of the molecule is C[C@H](CNC(=O)c1ccc2c(c1)OCO2)Oc1cccnc1. The minimum Gasteiger partial charge on any atom is -0.487 e. The van der Waals surface area contributed by atoms with Crippen LogP contribution in [0.5, 0.6) is 17.2 Å². The summed E-state index contributed by atoms with van der Waals surface area (Å²) < 4.78 is 16.1. The van der Waals surface area contributed by atoms with Crippen LogP contribution >= 0.6 is 0 Å². The van der Waals surface area contributed by atoms with E-state index >= 15 is 0 Å². The lowest BCUT2D eigenvalue weighted by Gasteiger charge is -2.15. The Kier molecular flexibility index (Phi) is 4.09. The van der Waals surface area contributed by atoms with E-state index in [-0.39, 0.29) is 18.8 Å². The van der Waals surface area contributed by atoms with Crippen molar-refractivity contribution in [2.75, 3.05) is 13.3 Å². The zero-order chi connectivity index (χ0) is 15.4. The number of rotatable bonds is 5. The van der Waals surface area contributed by atoms with E-state index < -0.39 is 0 Å². The van der Waals surface area contributed by atoms with Crippen LogP contribution < -0.4 is 19.5 Å². The predicted octanol–water partition coefficient (Wildman–Crippen LogP) is 2.01. The third-order valence-corrected chi connectivity index (χ3v) is 3.16. The summed E-state index contributed by atoms with van der Waals surface area (Å²) >= 11 is 0. The monoisotopic (exact) mass is 300 g/mol. The molecule has 0 saturated carbocycles. The Balaban J connectivity index is 1.53. The molecule has 6 nitrogen and oxygen atoms in total. The molecule has 0 unspecified atom stereocenters. The molecule has 1 amide bonds. The summed E-state index contributed by atoms with van der Waals surface area (Å²) in [7, 11) is 0. The molecular formula is C16H16N2O4. The van der Waals surface area contributed by atoms with E-state index in [1.54, 1.807) is 36.7 Å². The molecule has 0 radical (unpaired) electrons. The number of nitrogens with one attached hydrogen (secondary N) is 1. The Bertz CT molecular complexity index is 660. The van der Waals surface area contributed by atoms with Crippen LogP contribution in [-0.2, 0) is 0 Å². The number of fused-ring (bicyclic) bond motifs is 1. The third-order valence-electron chi connectivity index (χ3n) is 3.16. The number of hydrogen-bond donors (Lipinski definition) is 1. The summed E-state index contributed by atoms with van der Waals surface area (Å²) in [5, 5.41) is 2.83. The molecule has 0 spiro atoms. The number of hydrogen-bond acceptors (Lipinski definition) is 5. The highest BCUT2D eigenvalue weighted by Crippen LogP contribution is 2.32. The summed E-state index contributed by atoms with van der Waals surface area (Å²) in [5.74, 6) is 1.74. The normalized spacial score (nSPS) is 13.5. The van der Waals surface area contributed by atoms with Crippen LogP contribution in [0, 0.1) is 0 Å². The third kappa shape index (κ3) is 3.28. The summed E-state index contributed by atoms with van der Waals surface area (Å²) in [6.07, 6.45) is 3.15. The van der Waals surface area contributed by atoms with Crippen molar-refractivity contribution in [3.8, 4) is 17.2 Å². The molecule has 2 heterocycles. The lowest BCUT2D eigenvalue weighted by molar-refractivity contribution is 0.0931. The molecule has 1 aromatic heterocycles. The number of benzene rings is 1. The van der Waals surface area contributed by atoms with Gasteiger partial charge in [-0.1, -0.05) is 0 Å². The van der Waals surface area contributed by atoms with Crippen LogP contribution in [0.15, 0.2) is 42.7 Å². The highest BCUT2D eigenvalue weighted by Gasteiger charge is 2.16. The Morgan fingerprint density at radius 3 is 3.05 bits per heavy atom. The van der Waals surface area contributed by atoms with Crippen molar-refractivity contribution >= 4 is 5.91 Å². The van der Waals surface area contributed by atoms with Crippen molar-refractivity contribution in [3.05, 3.63) is 48.3 Å². The topological polar surface area (TPSA) is 69.7 Å². The van der Waals surface area contributed by atoms with Gasteiger partial charge < -0.3 is 19.5 Å². The molecule has 0 fully saturated rings. The number of ether oxygens (including phenoxy) is 3. The van der Waals surface area contributed by atoms with Crippen LogP contribution in [0.4, 0.5) is 0 Å². The molecule has 1 N–H and O–H groups in total. The number of pyridine rings is 1. The summed E-state index contributed by atoms with van der Waals surface area (Å²) in [6.45, 7) is 2.46. The van der Waals surface area contributed by atoms with E-state index in [0.29, 0.717) is 29.4 Å². The molecule has 3 rings (SSSR count). The molecule has 22 heavy (non-hydrogen) atoms. The lowest BCUT2D eigenvalue weighted by atomic mass is 10.2. The van der Waals surface area contributed by atoms with Gasteiger partial charge in [0.15, 0.2) is 11.5 Å². The number of carbonyl (C=O) groups excluding carboxylic acids is 1. The molecule has 1 aromatic carbocycles. The van der Waals surface area contributed by atoms with Gasteiger partial charge in [0.1, 0.15) is 11.9 Å². The fourth-order valence-electron chi connectivity index (χ4n) is 2.07. The van der Waals surface area contributed by atoms with Crippen molar-refractivity contribution in [1.29, 1.82) is 0 Å². The molecule has 114 valence electrons. The Morgan fingerprint density at radius 2 is 2.23 bits per heavy atom. The fraction of sp³-hybridized carbons (Fsp3) is 0.250. The fourth-order valence-corrected chi connectivity index (χ4v) is 2.07. The highest BCUT2D eigenvalue weighted by molar-refractivity contribution is 5.94. The molecule has 1 aliphatic heterocycles. The van der Waals surface area contributed by atoms with Gasteiger partial charge in [-0.2, -0.15) is 0 Å². The van der Waals surface area contributed by atoms with E-state index in [2.05, 4.69) is 10.3 Å². The second-order valence-electron chi connectivity index (χ2n) is 4.90. The van der Waals surface area contributed by atoms with E-state index in [0.717, 1.165) is 0 Å². The number of aromatic nitrogens is 1. The molecule has 1 aliphatic rings. The zero-order valence-corrected chi connectivity index (χ0v) is 12.1. The highest BCUT2D eigenvalue weighted by atomic mass is 16.7. The van der Waals surface area contributed by atoms with Gasteiger partial charge in [-0.15, -0.1) is 0 Å². The first-order valence-electron chi connectivity index (χ1n) is 6.97. The predicted molar refractivity (Wildman–Crippen MR) is 79.2 cm³/mol. The van der Waals surface area contributed by atoms with Crippen LogP contribution in [0.1, 0.15) is 17.3 Å². The van der Waals surface area contributed by atoms with Gasteiger partial charge in [0.2, 0.25) is 6.79 Å². The Hall–Kier alpha value is -2.76. The zero-order valence-electron chi connectivity index (χ0n) is 12.1. The van der Waals surface area contributed by atoms with Crippen LogP contribution in [-0.4, -0.2) is 30.3 Å². The van der Waals surface area contributed by atoms with Crippen LogP contribution in [0.3, 0.4) is 0 Å². The van der Waals surface area contributed by atoms with Crippen LogP contribution in [0.25, 0.3) is 0 Å². The number of nitrogens with zero attached hydrogens (tertiary/aromatic N) is 1. The largest absolute Gasteiger partial charge is 0.487 e. The first-order valence-corrected chi connectivity index (χ1v) is 6.97. The summed E-state index contributed by atoms with van der Waals surface area (Å²) in [6, 6.07) is 8.73. The molecular weight excluding hydrogens is 284 g/mol.